The molecule has 1 fully saturated rings. The predicted molar refractivity (Wildman–Crippen MR) is 137 cm³/mol. The van der Waals surface area contributed by atoms with Crippen LogP contribution < -0.4 is 5.56 Å². The van der Waals surface area contributed by atoms with Gasteiger partial charge >= 0.3 is 0 Å². The highest BCUT2D eigenvalue weighted by Crippen LogP contribution is 2.52. The molecule has 0 radical (unpaired) electrons. The molecule has 0 aliphatic carbocycles. The number of carbonyl (C=O) groups is 1. The highest BCUT2D eigenvalue weighted by molar-refractivity contribution is 6.30. The minimum absolute atomic E-state index is 0.0221. The Bertz CT molecular complexity index is 1200. The zero-order valence-electron chi connectivity index (χ0n) is 19.8. The van der Waals surface area contributed by atoms with Crippen molar-refractivity contribution in [3.8, 4) is 0 Å². The Balaban J connectivity index is 1.88. The molecule has 0 bridgehead atoms. The van der Waals surface area contributed by atoms with Crippen LogP contribution in [-0.2, 0) is 11.2 Å². The topological polar surface area (TPSA) is 69.0 Å². The normalized spacial score (nSPS) is 23.0. The minimum atomic E-state index is -0.691. The van der Waals surface area contributed by atoms with Gasteiger partial charge in [0.05, 0.1) is 11.5 Å². The smallest absolute Gasteiger partial charge is 0.264 e. The lowest BCUT2D eigenvalue weighted by molar-refractivity contribution is -0.155. The molecule has 34 heavy (non-hydrogen) atoms. The molecule has 1 aliphatic heterocycles. The Labute approximate surface area is 210 Å². The van der Waals surface area contributed by atoms with E-state index in [2.05, 4.69) is 35.0 Å². The number of nitrogens with one attached hydrogen (secondary N) is 2. The van der Waals surface area contributed by atoms with E-state index >= 15 is 0 Å². The van der Waals surface area contributed by atoms with Crippen molar-refractivity contribution in [2.24, 2.45) is 5.41 Å². The van der Waals surface area contributed by atoms with E-state index in [1.807, 2.05) is 49.4 Å². The summed E-state index contributed by atoms with van der Waals surface area (Å²) in [5.41, 5.74) is 2.02. The van der Waals surface area contributed by atoms with Gasteiger partial charge in [0.1, 0.15) is 0 Å². The van der Waals surface area contributed by atoms with Gasteiger partial charge in [0.2, 0.25) is 5.91 Å². The van der Waals surface area contributed by atoms with Gasteiger partial charge in [-0.2, -0.15) is 0 Å². The molecule has 7 heteroatoms. The van der Waals surface area contributed by atoms with Gasteiger partial charge in [-0.25, -0.2) is 0 Å². The number of hydrogen-bond acceptors (Lipinski definition) is 2. The summed E-state index contributed by atoms with van der Waals surface area (Å²) < 4.78 is 0. The molecule has 4 rings (SSSR count). The van der Waals surface area contributed by atoms with E-state index in [1.165, 1.54) is 0 Å². The number of halogens is 2. The summed E-state index contributed by atoms with van der Waals surface area (Å²) in [5, 5.41) is 6.88. The number of aromatic nitrogens is 2. The van der Waals surface area contributed by atoms with Crippen LogP contribution in [0, 0.1) is 5.41 Å². The van der Waals surface area contributed by atoms with Crippen LogP contribution in [0.25, 0.3) is 0 Å². The Morgan fingerprint density at radius 1 is 0.971 bits per heavy atom. The Morgan fingerprint density at radius 2 is 1.68 bits per heavy atom. The first-order chi connectivity index (χ1) is 16.3. The van der Waals surface area contributed by atoms with Crippen molar-refractivity contribution in [2.75, 3.05) is 0 Å². The maximum absolute atomic E-state index is 14.3. The molecule has 0 spiro atoms. The van der Waals surface area contributed by atoms with E-state index in [0.717, 1.165) is 29.7 Å². The summed E-state index contributed by atoms with van der Waals surface area (Å²) in [6.07, 6.45) is 2.78. The fourth-order valence-electron chi connectivity index (χ4n) is 5.52. The number of rotatable bonds is 7. The van der Waals surface area contributed by atoms with Gasteiger partial charge in [-0.05, 0) is 54.7 Å². The van der Waals surface area contributed by atoms with E-state index in [1.54, 1.807) is 6.07 Å². The lowest BCUT2D eigenvalue weighted by Crippen LogP contribution is -2.56. The number of carbonyl (C=O) groups excluding carboxylic acids is 1. The Hall–Kier alpha value is -2.50. The summed E-state index contributed by atoms with van der Waals surface area (Å²) >= 11 is 12.6. The van der Waals surface area contributed by atoms with Gasteiger partial charge in [-0.3, -0.25) is 14.7 Å². The van der Waals surface area contributed by atoms with Gasteiger partial charge in [-0.1, -0.05) is 68.2 Å². The molecule has 2 aromatic carbocycles. The highest BCUT2D eigenvalue weighted by Gasteiger charge is 2.51. The number of aromatic amines is 2. The van der Waals surface area contributed by atoms with E-state index in [-0.39, 0.29) is 29.5 Å². The number of nitrogens with zero attached hydrogens (tertiary/aromatic N) is 1. The summed E-state index contributed by atoms with van der Waals surface area (Å²) in [7, 11) is 0. The number of likely N-dealkylation sites (tertiary alicyclic amines) is 1. The van der Waals surface area contributed by atoms with Crippen molar-refractivity contribution in [2.45, 2.75) is 64.5 Å². The molecular formula is C27H31Cl2N3O2. The number of amides is 1. The molecular weight excluding hydrogens is 469 g/mol. The van der Waals surface area contributed by atoms with Crippen molar-refractivity contribution in [3.05, 3.63) is 91.8 Å². The summed E-state index contributed by atoms with van der Waals surface area (Å²) in [5.74, 6) is 0.135. The zero-order valence-corrected chi connectivity index (χ0v) is 21.3. The number of benzene rings is 2. The monoisotopic (exact) mass is 499 g/mol. The summed E-state index contributed by atoms with van der Waals surface area (Å²) in [6.45, 7) is 6.28. The number of hydrogen-bond donors (Lipinski definition) is 2. The van der Waals surface area contributed by atoms with Gasteiger partial charge in [0.15, 0.2) is 0 Å². The Kier molecular flexibility index (Phi) is 7.25. The molecule has 2 heterocycles. The fourth-order valence-corrected chi connectivity index (χ4v) is 5.84. The maximum Gasteiger partial charge on any atom is 0.264 e. The molecule has 1 aliphatic rings. The Morgan fingerprint density at radius 3 is 2.26 bits per heavy atom. The van der Waals surface area contributed by atoms with Gasteiger partial charge < -0.3 is 10.00 Å². The summed E-state index contributed by atoms with van der Waals surface area (Å²) in [6, 6.07) is 17.3. The molecule has 5 nitrogen and oxygen atoms in total. The average molecular weight is 500 g/mol. The van der Waals surface area contributed by atoms with Crippen LogP contribution in [0.4, 0.5) is 0 Å². The predicted octanol–water partition coefficient (Wildman–Crippen LogP) is 6.50. The van der Waals surface area contributed by atoms with Crippen LogP contribution in [-0.4, -0.2) is 27.0 Å². The molecule has 3 aromatic rings. The van der Waals surface area contributed by atoms with Crippen LogP contribution in [0.5, 0.6) is 0 Å². The van der Waals surface area contributed by atoms with Crippen LogP contribution in [0.2, 0.25) is 10.0 Å². The van der Waals surface area contributed by atoms with E-state index < -0.39 is 5.41 Å². The lowest BCUT2D eigenvalue weighted by Gasteiger charge is -2.52. The third-order valence-electron chi connectivity index (χ3n) is 7.16. The number of H-pyrrole nitrogens is 2. The zero-order chi connectivity index (χ0) is 24.5. The van der Waals surface area contributed by atoms with Gasteiger partial charge in [-0.15, -0.1) is 0 Å². The molecule has 1 amide bonds. The molecule has 3 atom stereocenters. The molecule has 3 unspecified atom stereocenters. The SMILES string of the molecule is CCC(CC)N1C(=O)C(C)(Cc2cc(=O)[nH][nH]2)CC(c2cccc(Cl)c2)C1c1ccc(Cl)cc1. The molecule has 1 saturated heterocycles. The van der Waals surface area contributed by atoms with Crippen molar-refractivity contribution in [1.82, 2.24) is 15.1 Å². The second-order valence-electron chi connectivity index (χ2n) is 9.57. The second kappa shape index (κ2) is 10.0. The van der Waals surface area contributed by atoms with Gasteiger partial charge in [0, 0.05) is 40.2 Å². The molecule has 180 valence electrons. The third-order valence-corrected chi connectivity index (χ3v) is 7.65. The van der Waals surface area contributed by atoms with Crippen molar-refractivity contribution < 1.29 is 4.79 Å². The van der Waals surface area contributed by atoms with Crippen molar-refractivity contribution in [3.63, 3.8) is 0 Å². The second-order valence-corrected chi connectivity index (χ2v) is 10.4. The van der Waals surface area contributed by atoms with Crippen LogP contribution in [0.15, 0.2) is 59.4 Å². The lowest BCUT2D eigenvalue weighted by atomic mass is 9.66. The molecule has 1 aromatic heterocycles. The standard InChI is InChI=1S/C27H31Cl2N3O2/c1-4-22(5-2)32-25(17-9-11-19(28)12-10-17)23(18-7-6-8-20(29)13-18)16-27(3,26(32)34)15-21-14-24(33)31-30-21/h6-14,22-23,25H,4-5,15-16H2,1-3H3,(H2,30,31,33). The first kappa shape index (κ1) is 24.6. The van der Waals surface area contributed by atoms with E-state index in [0.29, 0.717) is 22.9 Å². The van der Waals surface area contributed by atoms with Gasteiger partial charge in [0.25, 0.3) is 5.56 Å². The van der Waals surface area contributed by atoms with Crippen LogP contribution in [0.3, 0.4) is 0 Å². The van der Waals surface area contributed by atoms with E-state index in [9.17, 15) is 9.59 Å². The first-order valence-corrected chi connectivity index (χ1v) is 12.6. The van der Waals surface area contributed by atoms with Crippen LogP contribution >= 0.6 is 23.2 Å². The molecule has 0 saturated carbocycles. The van der Waals surface area contributed by atoms with Crippen molar-refractivity contribution in [1.29, 1.82) is 0 Å². The van der Waals surface area contributed by atoms with Crippen LogP contribution in [0.1, 0.15) is 68.8 Å². The average Bonchev–Trinajstić information content (AvgIpc) is 3.22. The minimum Gasteiger partial charge on any atom is -0.332 e. The third kappa shape index (κ3) is 4.82. The summed E-state index contributed by atoms with van der Waals surface area (Å²) in [4.78, 5) is 28.1. The first-order valence-electron chi connectivity index (χ1n) is 11.9. The largest absolute Gasteiger partial charge is 0.332 e. The number of piperidine rings is 1. The van der Waals surface area contributed by atoms with E-state index in [4.69, 9.17) is 23.2 Å². The molecule has 2 N–H and O–H groups in total. The fraction of sp³-hybridized carbons (Fsp3) is 0.407. The quantitative estimate of drug-likeness (QED) is 0.389. The highest BCUT2D eigenvalue weighted by atomic mass is 35.5. The van der Waals surface area contributed by atoms with Crippen molar-refractivity contribution >= 4 is 29.1 Å². The maximum atomic E-state index is 14.3.